The number of hydrogen-bond donors (Lipinski definition) is 5. The maximum atomic E-state index is 14.6. The molecule has 5 amide bonds. The highest BCUT2D eigenvalue weighted by molar-refractivity contribution is 5.93. The highest BCUT2D eigenvalue weighted by Crippen LogP contribution is 2.13. The highest BCUT2D eigenvalue weighted by atomic mass is 19.1. The number of nitrogens with one attached hydrogen (secondary N) is 5. The van der Waals surface area contributed by atoms with E-state index in [1.54, 1.807) is 26.0 Å². The molecule has 11 nitrogen and oxygen atoms in total. The van der Waals surface area contributed by atoms with Gasteiger partial charge in [0.15, 0.2) is 0 Å². The maximum absolute atomic E-state index is 14.6. The van der Waals surface area contributed by atoms with Crippen LogP contribution in [0, 0.1) is 17.6 Å². The molecule has 0 bridgehead atoms. The molecule has 46 heavy (non-hydrogen) atoms. The molecule has 5 N–H and O–H groups in total. The standard InChI is InChI=1S/C33H41F2N5O6/c1-20(2)29(32(44)46-3)40-33(45)39-27(19-22-10-4-5-12-25(22)35)31(43)38-26-13-6-7-16-36-28(41)15-14-24(37-30(26)42)18-21-9-8-11-23(34)17-21/h4-5,8-12,14-15,17,20,24,26-27,29H,6-7,13,16,18-19H2,1-3H3,(H,36,41)(H,37,42)(H,38,43)(H2,39,40,45)/t24-,26+,27+,29+/m1/s1. The van der Waals surface area contributed by atoms with Crippen molar-refractivity contribution in [1.29, 1.82) is 0 Å². The number of methoxy groups -OCH3 is 1. The first kappa shape index (κ1) is 35.7. The Bertz CT molecular complexity index is 1420. The van der Waals surface area contributed by atoms with Crippen LogP contribution in [-0.2, 0) is 36.8 Å². The third kappa shape index (κ3) is 11.3. The van der Waals surface area contributed by atoms with Crippen LogP contribution in [0.4, 0.5) is 13.6 Å². The summed E-state index contributed by atoms with van der Waals surface area (Å²) in [7, 11) is 1.19. The number of halogens is 2. The van der Waals surface area contributed by atoms with Crippen LogP contribution in [0.2, 0.25) is 0 Å². The number of rotatable bonds is 10. The number of benzene rings is 2. The summed E-state index contributed by atoms with van der Waals surface area (Å²) in [4.78, 5) is 64.6. The van der Waals surface area contributed by atoms with E-state index in [9.17, 15) is 32.8 Å². The molecular formula is C33H41F2N5O6. The fourth-order valence-corrected chi connectivity index (χ4v) is 4.92. The van der Waals surface area contributed by atoms with Gasteiger partial charge in [-0.2, -0.15) is 0 Å². The fraction of sp³-hybridized carbons (Fsp3) is 0.424. The predicted octanol–water partition coefficient (Wildman–Crippen LogP) is 2.44. The van der Waals surface area contributed by atoms with Crippen molar-refractivity contribution in [3.05, 3.63) is 83.4 Å². The summed E-state index contributed by atoms with van der Waals surface area (Å²) in [6, 6.07) is 6.63. The van der Waals surface area contributed by atoms with E-state index < -0.39 is 59.6 Å². The first-order valence-corrected chi connectivity index (χ1v) is 15.2. The van der Waals surface area contributed by atoms with Crippen molar-refractivity contribution in [2.24, 2.45) is 5.92 Å². The first-order chi connectivity index (χ1) is 22.0. The van der Waals surface area contributed by atoms with Gasteiger partial charge < -0.3 is 31.3 Å². The van der Waals surface area contributed by atoms with E-state index in [0.29, 0.717) is 24.9 Å². The number of ether oxygens (including phenoxy) is 1. The number of hydrogen-bond acceptors (Lipinski definition) is 6. The van der Waals surface area contributed by atoms with Crippen molar-refractivity contribution >= 4 is 29.7 Å². The van der Waals surface area contributed by atoms with Gasteiger partial charge in [0.25, 0.3) is 0 Å². The number of urea groups is 1. The van der Waals surface area contributed by atoms with E-state index in [2.05, 4.69) is 26.6 Å². The molecule has 0 aromatic heterocycles. The van der Waals surface area contributed by atoms with Gasteiger partial charge in [-0.1, -0.05) is 50.3 Å². The molecule has 0 unspecified atom stereocenters. The monoisotopic (exact) mass is 641 g/mol. The van der Waals surface area contributed by atoms with Crippen LogP contribution in [0.5, 0.6) is 0 Å². The number of amides is 5. The van der Waals surface area contributed by atoms with Gasteiger partial charge in [0.1, 0.15) is 29.8 Å². The van der Waals surface area contributed by atoms with Crippen molar-refractivity contribution in [2.45, 2.75) is 70.1 Å². The van der Waals surface area contributed by atoms with Crippen molar-refractivity contribution in [3.8, 4) is 0 Å². The van der Waals surface area contributed by atoms with Crippen molar-refractivity contribution in [3.63, 3.8) is 0 Å². The zero-order valence-corrected chi connectivity index (χ0v) is 26.1. The molecule has 1 aliphatic rings. The summed E-state index contributed by atoms with van der Waals surface area (Å²) in [5, 5.41) is 13.3. The summed E-state index contributed by atoms with van der Waals surface area (Å²) in [5.74, 6) is -3.70. The van der Waals surface area contributed by atoms with Gasteiger partial charge in [0.2, 0.25) is 17.7 Å². The Hall–Kier alpha value is -4.81. The van der Waals surface area contributed by atoms with Crippen LogP contribution in [0.15, 0.2) is 60.7 Å². The molecule has 0 saturated heterocycles. The summed E-state index contributed by atoms with van der Waals surface area (Å²) < 4.78 is 33.2. The molecule has 0 aliphatic carbocycles. The van der Waals surface area contributed by atoms with Gasteiger partial charge in [-0.3, -0.25) is 14.4 Å². The van der Waals surface area contributed by atoms with Crippen molar-refractivity contribution < 1.29 is 37.5 Å². The van der Waals surface area contributed by atoms with Crippen LogP contribution in [0.3, 0.4) is 0 Å². The second-order valence-corrected chi connectivity index (χ2v) is 11.4. The van der Waals surface area contributed by atoms with Crippen LogP contribution < -0.4 is 26.6 Å². The fourth-order valence-electron chi connectivity index (χ4n) is 4.92. The molecule has 248 valence electrons. The molecule has 0 spiro atoms. The molecule has 3 rings (SSSR count). The Labute approximate surface area is 266 Å². The lowest BCUT2D eigenvalue weighted by Crippen LogP contribution is -2.58. The second-order valence-electron chi connectivity index (χ2n) is 11.4. The SMILES string of the molecule is COC(=O)[C@@H](NC(=O)N[C@@H](Cc1ccccc1F)C(=O)N[C@H]1CCCCNC(=O)C=C[C@H](Cc2cccc(F)c2)NC1=O)C(C)C. The van der Waals surface area contributed by atoms with Crippen LogP contribution in [0.1, 0.15) is 44.2 Å². The Morgan fingerprint density at radius 1 is 1.02 bits per heavy atom. The van der Waals surface area contributed by atoms with Gasteiger partial charge in [-0.05, 0) is 60.9 Å². The van der Waals surface area contributed by atoms with Crippen LogP contribution in [-0.4, -0.2) is 67.5 Å². The highest BCUT2D eigenvalue weighted by Gasteiger charge is 2.31. The lowest BCUT2D eigenvalue weighted by molar-refractivity contribution is -0.144. The molecule has 4 atom stereocenters. The van der Waals surface area contributed by atoms with Crippen LogP contribution >= 0.6 is 0 Å². The molecule has 2 aromatic rings. The zero-order chi connectivity index (χ0) is 33.6. The summed E-state index contributed by atoms with van der Waals surface area (Å²) in [6.45, 7) is 3.75. The van der Waals surface area contributed by atoms with Gasteiger partial charge in [-0.15, -0.1) is 0 Å². The quantitative estimate of drug-likeness (QED) is 0.251. The number of carbonyl (C=O) groups excluding carboxylic acids is 5. The third-order valence-corrected chi connectivity index (χ3v) is 7.42. The average molecular weight is 642 g/mol. The minimum atomic E-state index is -1.33. The third-order valence-electron chi connectivity index (χ3n) is 7.42. The Balaban J connectivity index is 1.83. The zero-order valence-electron chi connectivity index (χ0n) is 26.1. The number of carbonyl (C=O) groups is 5. The average Bonchev–Trinajstić information content (AvgIpc) is 3.01. The topological polar surface area (TPSA) is 155 Å². The first-order valence-electron chi connectivity index (χ1n) is 15.2. The molecule has 0 radical (unpaired) electrons. The molecular weight excluding hydrogens is 600 g/mol. The van der Waals surface area contributed by atoms with Gasteiger partial charge in [-0.25, -0.2) is 18.4 Å². The van der Waals surface area contributed by atoms with Gasteiger partial charge >= 0.3 is 12.0 Å². The van der Waals surface area contributed by atoms with Crippen molar-refractivity contribution in [2.75, 3.05) is 13.7 Å². The van der Waals surface area contributed by atoms with E-state index in [-0.39, 0.29) is 36.7 Å². The Morgan fingerprint density at radius 2 is 1.78 bits per heavy atom. The van der Waals surface area contributed by atoms with E-state index in [1.807, 2.05) is 0 Å². The molecule has 0 saturated carbocycles. The Morgan fingerprint density at radius 3 is 2.48 bits per heavy atom. The summed E-state index contributed by atoms with van der Waals surface area (Å²) in [6.07, 6.45) is 3.89. The number of esters is 1. The second kappa shape index (κ2) is 17.6. The van der Waals surface area contributed by atoms with E-state index in [0.717, 1.165) is 0 Å². The van der Waals surface area contributed by atoms with Gasteiger partial charge in [0, 0.05) is 19.0 Å². The smallest absolute Gasteiger partial charge is 0.328 e. The van der Waals surface area contributed by atoms with Gasteiger partial charge in [0.05, 0.1) is 13.2 Å². The van der Waals surface area contributed by atoms with E-state index in [4.69, 9.17) is 4.74 Å². The van der Waals surface area contributed by atoms with E-state index >= 15 is 0 Å². The lowest BCUT2D eigenvalue weighted by Gasteiger charge is -2.26. The molecule has 13 heteroatoms. The summed E-state index contributed by atoms with van der Waals surface area (Å²) in [5.41, 5.74) is 0.727. The minimum Gasteiger partial charge on any atom is -0.467 e. The molecule has 1 aliphatic heterocycles. The van der Waals surface area contributed by atoms with E-state index in [1.165, 1.54) is 55.7 Å². The lowest BCUT2D eigenvalue weighted by atomic mass is 10.0. The molecule has 1 heterocycles. The molecule has 2 aromatic carbocycles. The molecule has 0 fully saturated rings. The Kier molecular flexibility index (Phi) is 13.7. The normalized spacial score (nSPS) is 18.6. The predicted molar refractivity (Wildman–Crippen MR) is 166 cm³/mol. The largest absolute Gasteiger partial charge is 0.467 e. The summed E-state index contributed by atoms with van der Waals surface area (Å²) >= 11 is 0. The van der Waals surface area contributed by atoms with Crippen LogP contribution in [0.25, 0.3) is 0 Å². The maximum Gasteiger partial charge on any atom is 0.328 e. The minimum absolute atomic E-state index is 0.149. The van der Waals surface area contributed by atoms with Crippen molar-refractivity contribution in [1.82, 2.24) is 26.6 Å².